The standard InChI is InChI=1S/C26H37N3O2S/c1-18-20(3)26(21(4)19(2)25(18)27)31-17-24(30)28(5)22-11-13-29(14-12-22)15-16-32-23-9-7-6-8-10-23/h6-10,22H,11-17,27H2,1-5H3. The molecule has 5 nitrogen and oxygen atoms in total. The Hall–Kier alpha value is -2.18. The van der Waals surface area contributed by atoms with Crippen LogP contribution in [0.3, 0.4) is 0 Å². The third kappa shape index (κ3) is 5.78. The first-order valence-electron chi connectivity index (χ1n) is 11.4. The zero-order valence-corrected chi connectivity index (χ0v) is 20.9. The lowest BCUT2D eigenvalue weighted by Gasteiger charge is -2.36. The molecule has 0 spiro atoms. The number of hydrogen-bond donors (Lipinski definition) is 1. The average Bonchev–Trinajstić information content (AvgIpc) is 2.82. The number of likely N-dealkylation sites (tertiary alicyclic amines) is 1. The van der Waals surface area contributed by atoms with E-state index in [4.69, 9.17) is 10.5 Å². The number of carbonyl (C=O) groups is 1. The molecular weight excluding hydrogens is 418 g/mol. The number of ether oxygens (including phenoxy) is 1. The molecule has 1 aliphatic rings. The molecule has 0 bridgehead atoms. The topological polar surface area (TPSA) is 58.8 Å². The van der Waals surface area contributed by atoms with Gasteiger partial charge >= 0.3 is 0 Å². The van der Waals surface area contributed by atoms with Crippen molar-refractivity contribution in [1.82, 2.24) is 9.80 Å². The lowest BCUT2D eigenvalue weighted by molar-refractivity contribution is -0.135. The molecule has 32 heavy (non-hydrogen) atoms. The van der Waals surface area contributed by atoms with Crippen molar-refractivity contribution in [3.8, 4) is 5.75 Å². The Bertz CT molecular complexity index is 895. The van der Waals surface area contributed by atoms with Gasteiger partial charge in [-0.05, 0) is 74.9 Å². The summed E-state index contributed by atoms with van der Waals surface area (Å²) in [5, 5.41) is 0. The van der Waals surface area contributed by atoms with E-state index in [-0.39, 0.29) is 18.6 Å². The predicted octanol–water partition coefficient (Wildman–Crippen LogP) is 4.60. The van der Waals surface area contributed by atoms with Crippen LogP contribution in [0, 0.1) is 27.7 Å². The van der Waals surface area contributed by atoms with E-state index < -0.39 is 0 Å². The lowest BCUT2D eigenvalue weighted by Crippen LogP contribution is -2.47. The maximum Gasteiger partial charge on any atom is 0.260 e. The highest BCUT2D eigenvalue weighted by Crippen LogP contribution is 2.34. The minimum absolute atomic E-state index is 0.0361. The van der Waals surface area contributed by atoms with E-state index in [0.717, 1.165) is 71.9 Å². The summed E-state index contributed by atoms with van der Waals surface area (Å²) in [5.74, 6) is 1.92. The Labute approximate surface area is 197 Å². The number of benzene rings is 2. The van der Waals surface area contributed by atoms with Crippen LogP contribution in [0.5, 0.6) is 5.75 Å². The van der Waals surface area contributed by atoms with Gasteiger partial charge in [0.05, 0.1) is 0 Å². The second kappa shape index (κ2) is 11.1. The van der Waals surface area contributed by atoms with E-state index >= 15 is 0 Å². The van der Waals surface area contributed by atoms with Crippen molar-refractivity contribution < 1.29 is 9.53 Å². The number of likely N-dealkylation sites (N-methyl/N-ethyl adjacent to an activating group) is 1. The van der Waals surface area contributed by atoms with Crippen molar-refractivity contribution in [2.24, 2.45) is 0 Å². The first-order chi connectivity index (χ1) is 15.3. The zero-order valence-electron chi connectivity index (χ0n) is 20.1. The molecule has 1 heterocycles. The minimum atomic E-state index is 0.0361. The van der Waals surface area contributed by atoms with Gasteiger partial charge in [0.2, 0.25) is 0 Å². The normalized spacial score (nSPS) is 15.0. The summed E-state index contributed by atoms with van der Waals surface area (Å²) in [4.78, 5) is 18.6. The molecule has 0 aliphatic carbocycles. The van der Waals surface area contributed by atoms with Gasteiger partial charge in [0.15, 0.2) is 6.61 Å². The number of anilines is 1. The maximum absolute atomic E-state index is 12.8. The highest BCUT2D eigenvalue weighted by atomic mass is 32.2. The van der Waals surface area contributed by atoms with Crippen LogP contribution in [0.25, 0.3) is 0 Å². The van der Waals surface area contributed by atoms with Crippen LogP contribution in [0.4, 0.5) is 5.69 Å². The second-order valence-corrected chi connectivity index (χ2v) is 9.94. The van der Waals surface area contributed by atoms with Gasteiger partial charge in [-0.2, -0.15) is 0 Å². The van der Waals surface area contributed by atoms with Gasteiger partial charge in [-0.3, -0.25) is 4.79 Å². The third-order valence-corrected chi connectivity index (χ3v) is 7.86. The van der Waals surface area contributed by atoms with E-state index in [1.165, 1.54) is 4.90 Å². The number of nitrogens with zero attached hydrogens (tertiary/aromatic N) is 2. The largest absolute Gasteiger partial charge is 0.483 e. The number of rotatable bonds is 8. The molecule has 174 valence electrons. The van der Waals surface area contributed by atoms with Crippen LogP contribution in [-0.2, 0) is 4.79 Å². The zero-order chi connectivity index (χ0) is 23.3. The number of thioether (sulfide) groups is 1. The van der Waals surface area contributed by atoms with Crippen molar-refractivity contribution in [1.29, 1.82) is 0 Å². The van der Waals surface area contributed by atoms with E-state index in [2.05, 4.69) is 35.2 Å². The molecule has 0 aromatic heterocycles. The Morgan fingerprint density at radius 3 is 2.25 bits per heavy atom. The fourth-order valence-corrected chi connectivity index (χ4v) is 5.24. The second-order valence-electron chi connectivity index (χ2n) is 8.77. The molecule has 0 radical (unpaired) electrons. The monoisotopic (exact) mass is 455 g/mol. The van der Waals surface area contributed by atoms with Crippen molar-refractivity contribution >= 4 is 23.4 Å². The molecule has 2 N–H and O–H groups in total. The molecule has 1 saturated heterocycles. The highest BCUT2D eigenvalue weighted by Gasteiger charge is 2.26. The SMILES string of the molecule is Cc1c(C)c(OCC(=O)N(C)C2CCN(CCSc3ccccc3)CC2)c(C)c(C)c1N. The molecule has 1 fully saturated rings. The summed E-state index contributed by atoms with van der Waals surface area (Å²) < 4.78 is 6.01. The van der Waals surface area contributed by atoms with E-state index in [0.29, 0.717) is 0 Å². The van der Waals surface area contributed by atoms with Gasteiger partial charge in [0, 0.05) is 49.1 Å². The molecule has 2 aromatic carbocycles. The first-order valence-corrected chi connectivity index (χ1v) is 12.4. The minimum Gasteiger partial charge on any atom is -0.483 e. The van der Waals surface area contributed by atoms with E-state index in [9.17, 15) is 4.79 Å². The fraction of sp³-hybridized carbons (Fsp3) is 0.500. The first kappa shape index (κ1) is 24.5. The summed E-state index contributed by atoms with van der Waals surface area (Å²) in [6.07, 6.45) is 2.02. The van der Waals surface area contributed by atoms with Crippen LogP contribution in [0.1, 0.15) is 35.1 Å². The number of amides is 1. The van der Waals surface area contributed by atoms with Crippen LogP contribution in [-0.4, -0.2) is 60.8 Å². The molecule has 1 aliphatic heterocycles. The number of carbonyl (C=O) groups excluding carboxylic acids is 1. The summed E-state index contributed by atoms with van der Waals surface area (Å²) in [6, 6.07) is 10.8. The number of nitrogens with two attached hydrogens (primary N) is 1. The Morgan fingerprint density at radius 2 is 1.66 bits per heavy atom. The molecule has 2 aromatic rings. The summed E-state index contributed by atoms with van der Waals surface area (Å²) in [6.45, 7) is 11.2. The lowest BCUT2D eigenvalue weighted by atomic mass is 9.97. The van der Waals surface area contributed by atoms with Crippen LogP contribution >= 0.6 is 11.8 Å². The van der Waals surface area contributed by atoms with Crippen molar-refractivity contribution in [2.45, 2.75) is 51.5 Å². The number of nitrogen functional groups attached to an aromatic ring is 1. The molecule has 3 rings (SSSR count). The number of hydrogen-bond acceptors (Lipinski definition) is 5. The van der Waals surface area contributed by atoms with Crippen LogP contribution < -0.4 is 10.5 Å². The maximum atomic E-state index is 12.8. The van der Waals surface area contributed by atoms with E-state index in [1.54, 1.807) is 0 Å². The molecule has 0 atom stereocenters. The number of piperidine rings is 1. The van der Waals surface area contributed by atoms with Crippen molar-refractivity contribution in [3.63, 3.8) is 0 Å². The smallest absolute Gasteiger partial charge is 0.260 e. The van der Waals surface area contributed by atoms with Crippen LogP contribution in [0.15, 0.2) is 35.2 Å². The Balaban J connectivity index is 1.45. The van der Waals surface area contributed by atoms with Crippen LogP contribution in [0.2, 0.25) is 0 Å². The molecule has 6 heteroatoms. The van der Waals surface area contributed by atoms with Gasteiger partial charge in [0.1, 0.15) is 5.75 Å². The Morgan fingerprint density at radius 1 is 1.06 bits per heavy atom. The highest BCUT2D eigenvalue weighted by molar-refractivity contribution is 7.99. The molecule has 0 unspecified atom stereocenters. The van der Waals surface area contributed by atoms with Gasteiger partial charge < -0.3 is 20.3 Å². The summed E-state index contributed by atoms with van der Waals surface area (Å²) >= 11 is 1.91. The fourth-order valence-electron chi connectivity index (χ4n) is 4.30. The quantitative estimate of drug-likeness (QED) is 0.466. The average molecular weight is 456 g/mol. The van der Waals surface area contributed by atoms with Gasteiger partial charge in [0.25, 0.3) is 5.91 Å². The Kier molecular flexibility index (Phi) is 8.49. The third-order valence-electron chi connectivity index (χ3n) is 6.87. The van der Waals surface area contributed by atoms with Crippen molar-refractivity contribution in [2.75, 3.05) is 44.8 Å². The van der Waals surface area contributed by atoms with E-state index in [1.807, 2.05) is 51.4 Å². The predicted molar refractivity (Wildman–Crippen MR) is 135 cm³/mol. The summed E-state index contributed by atoms with van der Waals surface area (Å²) in [7, 11) is 1.91. The molecule has 1 amide bonds. The van der Waals surface area contributed by atoms with Gasteiger partial charge in [-0.1, -0.05) is 18.2 Å². The van der Waals surface area contributed by atoms with Crippen molar-refractivity contribution in [3.05, 3.63) is 52.6 Å². The van der Waals surface area contributed by atoms with Gasteiger partial charge in [-0.15, -0.1) is 11.8 Å². The molecular formula is C26H37N3O2S. The molecule has 0 saturated carbocycles. The van der Waals surface area contributed by atoms with Gasteiger partial charge in [-0.25, -0.2) is 0 Å². The summed E-state index contributed by atoms with van der Waals surface area (Å²) in [5.41, 5.74) is 11.1.